The van der Waals surface area contributed by atoms with E-state index in [1.807, 2.05) is 5.38 Å². The van der Waals surface area contributed by atoms with Crippen LogP contribution < -0.4 is 11.1 Å². The lowest BCUT2D eigenvalue weighted by Gasteiger charge is -1.93. The number of nitriles is 1. The van der Waals surface area contributed by atoms with Gasteiger partial charge in [0.25, 0.3) is 0 Å². The lowest BCUT2D eigenvalue weighted by atomic mass is 10.6. The van der Waals surface area contributed by atoms with Crippen LogP contribution in [0.15, 0.2) is 5.38 Å². The third-order valence-electron chi connectivity index (χ3n) is 1.09. The fourth-order valence-corrected chi connectivity index (χ4v) is 1.85. The zero-order valence-electron chi connectivity index (χ0n) is 6.57. The highest BCUT2D eigenvalue weighted by atomic mass is 32.2. The second-order valence-corrected chi connectivity index (χ2v) is 3.91. The number of nitrogens with zero attached hydrogens (tertiary/aromatic N) is 2. The molecule has 0 bridgehead atoms. The van der Waals surface area contributed by atoms with Crippen LogP contribution in [0.2, 0.25) is 0 Å². The lowest BCUT2D eigenvalue weighted by molar-refractivity contribution is 1.23. The molecule has 68 valence electrons. The van der Waals surface area contributed by atoms with Crippen molar-refractivity contribution in [1.82, 2.24) is 4.98 Å². The Morgan fingerprint density at radius 2 is 2.69 bits per heavy atom. The molecule has 0 spiro atoms. The molecule has 0 aromatic carbocycles. The van der Waals surface area contributed by atoms with Crippen molar-refractivity contribution in [3.05, 3.63) is 11.1 Å². The summed E-state index contributed by atoms with van der Waals surface area (Å²) in [5.74, 6) is 0.568. The van der Waals surface area contributed by atoms with Crippen LogP contribution >= 0.6 is 23.1 Å². The van der Waals surface area contributed by atoms with Crippen LogP contribution in [-0.2, 0) is 5.75 Å². The zero-order valence-corrected chi connectivity index (χ0v) is 8.21. The molecule has 0 aliphatic heterocycles. The summed E-state index contributed by atoms with van der Waals surface area (Å²) in [6.07, 6.45) is 1.79. The Kier molecular flexibility index (Phi) is 3.54. The largest absolute Gasteiger partial charge is 0.379 e. The van der Waals surface area contributed by atoms with E-state index in [2.05, 4.69) is 10.3 Å². The highest BCUT2D eigenvalue weighted by Gasteiger charge is 2.01. The summed E-state index contributed by atoms with van der Waals surface area (Å²) in [5.41, 5.74) is 5.98. The molecule has 13 heavy (non-hydrogen) atoms. The fraction of sp³-hybridized carbons (Fsp3) is 0.167. The van der Waals surface area contributed by atoms with Gasteiger partial charge >= 0.3 is 0 Å². The van der Waals surface area contributed by atoms with Crippen LogP contribution in [0.25, 0.3) is 0 Å². The zero-order chi connectivity index (χ0) is 9.68. The molecule has 0 saturated heterocycles. The first kappa shape index (κ1) is 9.83. The Balaban J connectivity index is 2.50. The van der Waals surface area contributed by atoms with Crippen molar-refractivity contribution in [2.75, 3.05) is 5.32 Å². The number of thioether (sulfide) groups is 1. The molecule has 0 saturated carbocycles. The second kappa shape index (κ2) is 4.69. The van der Waals surface area contributed by atoms with Gasteiger partial charge in [-0.2, -0.15) is 5.26 Å². The average Bonchev–Trinajstić information content (AvgIpc) is 2.50. The molecule has 0 aliphatic carbocycles. The maximum absolute atomic E-state index is 8.29. The predicted octanol–water partition coefficient (Wildman–Crippen LogP) is 1.16. The van der Waals surface area contributed by atoms with Gasteiger partial charge in [0.15, 0.2) is 16.5 Å². The van der Waals surface area contributed by atoms with Crippen LogP contribution in [0.5, 0.6) is 0 Å². The Morgan fingerprint density at radius 1 is 1.92 bits per heavy atom. The van der Waals surface area contributed by atoms with Crippen molar-refractivity contribution >= 4 is 33.4 Å². The van der Waals surface area contributed by atoms with Crippen molar-refractivity contribution in [3.63, 3.8) is 0 Å². The average molecular weight is 213 g/mol. The van der Waals surface area contributed by atoms with Crippen molar-refractivity contribution in [1.29, 1.82) is 10.7 Å². The van der Waals surface area contributed by atoms with Crippen molar-refractivity contribution in [3.8, 4) is 6.19 Å². The van der Waals surface area contributed by atoms with Gasteiger partial charge in [0.05, 0.1) is 5.69 Å². The number of nitrogens with two attached hydrogens (primary N) is 1. The van der Waals surface area contributed by atoms with Gasteiger partial charge in [0.2, 0.25) is 0 Å². The molecule has 0 atom stereocenters. The van der Waals surface area contributed by atoms with Gasteiger partial charge < -0.3 is 5.73 Å². The number of amidine groups is 1. The van der Waals surface area contributed by atoms with Gasteiger partial charge in [-0.1, -0.05) is 11.8 Å². The highest BCUT2D eigenvalue weighted by molar-refractivity contribution is 8.13. The first-order valence-corrected chi connectivity index (χ1v) is 5.15. The SMILES string of the molecule is N#CNc1nc(CSC(=N)N)cs1. The molecule has 1 heterocycles. The second-order valence-electron chi connectivity index (χ2n) is 2.03. The first-order valence-electron chi connectivity index (χ1n) is 3.28. The van der Waals surface area contributed by atoms with Crippen molar-refractivity contribution in [2.24, 2.45) is 5.73 Å². The molecule has 5 nitrogen and oxygen atoms in total. The molecule has 0 amide bonds. The van der Waals surface area contributed by atoms with E-state index in [9.17, 15) is 0 Å². The van der Waals surface area contributed by atoms with Gasteiger partial charge in [0.1, 0.15) is 0 Å². The number of anilines is 1. The summed E-state index contributed by atoms with van der Waals surface area (Å²) in [6, 6.07) is 0. The Bertz CT molecular complexity index is 339. The van der Waals surface area contributed by atoms with E-state index in [1.54, 1.807) is 6.19 Å². The topological polar surface area (TPSA) is 98.6 Å². The minimum Gasteiger partial charge on any atom is -0.379 e. The van der Waals surface area contributed by atoms with Gasteiger partial charge in [-0.05, 0) is 0 Å². The van der Waals surface area contributed by atoms with E-state index in [1.165, 1.54) is 23.1 Å². The molecular weight excluding hydrogens is 206 g/mol. The molecule has 7 heteroatoms. The maximum Gasteiger partial charge on any atom is 0.196 e. The summed E-state index contributed by atoms with van der Waals surface area (Å²) in [4.78, 5) is 4.08. The summed E-state index contributed by atoms with van der Waals surface area (Å²) < 4.78 is 0. The minimum absolute atomic E-state index is 0.0720. The maximum atomic E-state index is 8.29. The van der Waals surface area contributed by atoms with E-state index in [-0.39, 0.29) is 5.17 Å². The fourth-order valence-electron chi connectivity index (χ4n) is 0.630. The van der Waals surface area contributed by atoms with Gasteiger partial charge in [-0.25, -0.2) is 4.98 Å². The van der Waals surface area contributed by atoms with E-state index >= 15 is 0 Å². The van der Waals surface area contributed by atoms with E-state index < -0.39 is 0 Å². The smallest absolute Gasteiger partial charge is 0.196 e. The Hall–Kier alpha value is -1.26. The van der Waals surface area contributed by atoms with Crippen LogP contribution in [0, 0.1) is 16.9 Å². The van der Waals surface area contributed by atoms with Gasteiger partial charge in [-0.3, -0.25) is 10.7 Å². The molecule has 0 unspecified atom stereocenters. The van der Waals surface area contributed by atoms with E-state index in [0.717, 1.165) is 5.69 Å². The molecule has 0 fully saturated rings. The van der Waals surface area contributed by atoms with Crippen LogP contribution in [0.3, 0.4) is 0 Å². The number of nitrogens with one attached hydrogen (secondary N) is 2. The first-order chi connectivity index (χ1) is 6.22. The summed E-state index contributed by atoms with van der Waals surface area (Å²) in [7, 11) is 0. The highest BCUT2D eigenvalue weighted by Crippen LogP contribution is 2.18. The Labute approximate surface area is 83.5 Å². The van der Waals surface area contributed by atoms with Gasteiger partial charge in [-0.15, -0.1) is 11.3 Å². The lowest BCUT2D eigenvalue weighted by Crippen LogP contribution is -2.03. The summed E-state index contributed by atoms with van der Waals surface area (Å²) in [5, 5.41) is 20.2. The summed E-state index contributed by atoms with van der Waals surface area (Å²) in [6.45, 7) is 0. The van der Waals surface area contributed by atoms with Crippen LogP contribution in [-0.4, -0.2) is 10.2 Å². The number of thiazole rings is 1. The normalized spacial score (nSPS) is 9.15. The standard InChI is InChI=1S/C6H7N5S2/c7-3-10-6-11-4(2-13-6)1-12-5(8)9/h2H,1H2,(H3,8,9)(H,10,11). The monoisotopic (exact) mass is 213 g/mol. The Morgan fingerprint density at radius 3 is 3.31 bits per heavy atom. The number of hydrogen-bond donors (Lipinski definition) is 3. The van der Waals surface area contributed by atoms with Crippen molar-refractivity contribution < 1.29 is 0 Å². The molecule has 1 aromatic heterocycles. The van der Waals surface area contributed by atoms with Gasteiger partial charge in [0, 0.05) is 11.1 Å². The molecule has 0 aliphatic rings. The van der Waals surface area contributed by atoms with E-state index in [4.69, 9.17) is 16.4 Å². The van der Waals surface area contributed by atoms with E-state index in [0.29, 0.717) is 10.9 Å². The molecule has 4 N–H and O–H groups in total. The predicted molar refractivity (Wildman–Crippen MR) is 54.6 cm³/mol. The quantitative estimate of drug-likeness (QED) is 0.303. The third kappa shape index (κ3) is 3.31. The van der Waals surface area contributed by atoms with Crippen LogP contribution in [0.4, 0.5) is 5.13 Å². The molecular formula is C6H7N5S2. The number of aromatic nitrogens is 1. The third-order valence-corrected chi connectivity index (χ3v) is 2.65. The van der Waals surface area contributed by atoms with Crippen LogP contribution in [0.1, 0.15) is 5.69 Å². The van der Waals surface area contributed by atoms with Crippen molar-refractivity contribution in [2.45, 2.75) is 5.75 Å². The number of rotatable bonds is 3. The summed E-state index contributed by atoms with van der Waals surface area (Å²) >= 11 is 2.57. The molecule has 1 rings (SSSR count). The molecule has 0 radical (unpaired) electrons. The minimum atomic E-state index is 0.0720. The number of hydrogen-bond acceptors (Lipinski definition) is 6. The molecule has 1 aromatic rings.